The van der Waals surface area contributed by atoms with Gasteiger partial charge in [0.25, 0.3) is 0 Å². The molecule has 3 rings (SSSR count). The Hall–Kier alpha value is -2.21. The normalized spacial score (nSPS) is 14.4. The highest BCUT2D eigenvalue weighted by molar-refractivity contribution is 7.99. The highest BCUT2D eigenvalue weighted by Crippen LogP contribution is 2.22. The average molecular weight is 313 g/mol. The molecule has 1 amide bonds. The zero-order chi connectivity index (χ0) is 15.4. The molecule has 1 aliphatic rings. The summed E-state index contributed by atoms with van der Waals surface area (Å²) in [6.45, 7) is 0.757. The van der Waals surface area contributed by atoms with Crippen LogP contribution in [0.2, 0.25) is 0 Å². The summed E-state index contributed by atoms with van der Waals surface area (Å²) in [4.78, 5) is 33.8. The number of amides is 1. The number of thioether (sulfide) groups is 1. The predicted octanol–water partition coefficient (Wildman–Crippen LogP) is 2.58. The Labute approximate surface area is 132 Å². The number of ketones is 1. The fourth-order valence-electron chi connectivity index (χ4n) is 2.32. The van der Waals surface area contributed by atoms with E-state index in [1.807, 2.05) is 12.1 Å². The van der Waals surface area contributed by atoms with Crippen LogP contribution in [0.25, 0.3) is 0 Å². The largest absolute Gasteiger partial charge is 0.312 e. The molecule has 0 aliphatic carbocycles. The van der Waals surface area contributed by atoms with Gasteiger partial charge in [-0.15, -0.1) is 0 Å². The molecular weight excluding hydrogens is 298 g/mol. The van der Waals surface area contributed by atoms with Crippen LogP contribution in [0.15, 0.2) is 47.9 Å². The summed E-state index contributed by atoms with van der Waals surface area (Å²) in [5.41, 5.74) is 1.50. The van der Waals surface area contributed by atoms with Gasteiger partial charge in [-0.25, -0.2) is 9.97 Å². The van der Waals surface area contributed by atoms with Crippen molar-refractivity contribution in [3.63, 3.8) is 0 Å². The van der Waals surface area contributed by atoms with Crippen molar-refractivity contribution >= 4 is 29.1 Å². The summed E-state index contributed by atoms with van der Waals surface area (Å²) < 4.78 is 0. The average Bonchev–Trinajstić information content (AvgIpc) is 3.00. The maximum atomic E-state index is 12.2. The van der Waals surface area contributed by atoms with Crippen molar-refractivity contribution in [2.45, 2.75) is 18.0 Å². The predicted molar refractivity (Wildman–Crippen MR) is 85.1 cm³/mol. The molecular formula is C16H15N3O2S. The van der Waals surface area contributed by atoms with Gasteiger partial charge in [-0.05, 0) is 36.8 Å². The van der Waals surface area contributed by atoms with Crippen molar-refractivity contribution in [1.82, 2.24) is 9.97 Å². The van der Waals surface area contributed by atoms with Crippen LogP contribution >= 0.6 is 11.8 Å². The number of rotatable bonds is 5. The number of benzene rings is 1. The molecule has 0 N–H and O–H groups in total. The second kappa shape index (κ2) is 6.70. The Morgan fingerprint density at radius 3 is 2.55 bits per heavy atom. The Bertz CT molecular complexity index is 674. The van der Waals surface area contributed by atoms with Crippen LogP contribution in [0.5, 0.6) is 0 Å². The standard InChI is InChI=1S/C16H15N3O2S/c20-14(11-22-16-17-8-2-9-18-16)12-4-6-13(7-5-12)19-10-1-3-15(19)21/h2,4-9H,1,3,10-11H2. The lowest BCUT2D eigenvalue weighted by atomic mass is 10.1. The monoisotopic (exact) mass is 313 g/mol. The van der Waals surface area contributed by atoms with Gasteiger partial charge in [0.1, 0.15) is 0 Å². The van der Waals surface area contributed by atoms with E-state index in [1.54, 1.807) is 35.5 Å². The van der Waals surface area contributed by atoms with E-state index in [-0.39, 0.29) is 11.7 Å². The molecule has 1 aliphatic heterocycles. The molecule has 5 nitrogen and oxygen atoms in total. The van der Waals surface area contributed by atoms with E-state index in [4.69, 9.17) is 0 Å². The fraction of sp³-hybridized carbons (Fsp3) is 0.250. The highest BCUT2D eigenvalue weighted by atomic mass is 32.2. The summed E-state index contributed by atoms with van der Waals surface area (Å²) in [7, 11) is 0. The van der Waals surface area contributed by atoms with Crippen molar-refractivity contribution in [1.29, 1.82) is 0 Å². The van der Waals surface area contributed by atoms with Gasteiger partial charge in [-0.3, -0.25) is 9.59 Å². The molecule has 0 radical (unpaired) electrons. The molecule has 6 heteroatoms. The molecule has 1 saturated heterocycles. The SMILES string of the molecule is O=C(CSc1ncccn1)c1ccc(N2CCCC2=O)cc1. The van der Waals surface area contributed by atoms with Gasteiger partial charge in [0.15, 0.2) is 10.9 Å². The van der Waals surface area contributed by atoms with Crippen LogP contribution in [0.4, 0.5) is 5.69 Å². The first kappa shape index (κ1) is 14.7. The summed E-state index contributed by atoms with van der Waals surface area (Å²) in [5, 5.41) is 0.593. The minimum Gasteiger partial charge on any atom is -0.312 e. The van der Waals surface area contributed by atoms with Crippen molar-refractivity contribution < 1.29 is 9.59 Å². The van der Waals surface area contributed by atoms with Gasteiger partial charge in [-0.2, -0.15) is 0 Å². The van der Waals surface area contributed by atoms with E-state index in [1.165, 1.54) is 11.8 Å². The van der Waals surface area contributed by atoms with Crippen LogP contribution in [-0.4, -0.2) is 34.0 Å². The number of aromatic nitrogens is 2. The molecule has 2 aromatic rings. The van der Waals surface area contributed by atoms with Crippen LogP contribution < -0.4 is 4.90 Å². The Kier molecular flexibility index (Phi) is 4.48. The fourth-order valence-corrected chi connectivity index (χ4v) is 3.02. The van der Waals surface area contributed by atoms with Gasteiger partial charge in [0, 0.05) is 36.6 Å². The van der Waals surface area contributed by atoms with Crippen LogP contribution in [0.3, 0.4) is 0 Å². The second-order valence-corrected chi connectivity index (χ2v) is 5.88. The smallest absolute Gasteiger partial charge is 0.227 e. The Balaban J connectivity index is 1.62. The van der Waals surface area contributed by atoms with E-state index < -0.39 is 0 Å². The molecule has 2 heterocycles. The zero-order valence-electron chi connectivity index (χ0n) is 11.9. The minimum absolute atomic E-state index is 0.0248. The summed E-state index contributed by atoms with van der Waals surface area (Å²) >= 11 is 1.32. The van der Waals surface area contributed by atoms with Crippen LogP contribution in [0.1, 0.15) is 23.2 Å². The van der Waals surface area contributed by atoms with E-state index in [2.05, 4.69) is 9.97 Å². The molecule has 1 aromatic heterocycles. The van der Waals surface area contributed by atoms with Gasteiger partial charge in [0.05, 0.1) is 5.75 Å². The van der Waals surface area contributed by atoms with Crippen molar-refractivity contribution in [3.05, 3.63) is 48.3 Å². The third-order valence-corrected chi connectivity index (χ3v) is 4.32. The first-order chi connectivity index (χ1) is 10.7. The van der Waals surface area contributed by atoms with Gasteiger partial charge < -0.3 is 4.90 Å². The quantitative estimate of drug-likeness (QED) is 0.482. The summed E-state index contributed by atoms with van der Waals surface area (Å²) in [6.07, 6.45) is 4.81. The van der Waals surface area contributed by atoms with E-state index in [0.717, 1.165) is 18.7 Å². The minimum atomic E-state index is 0.0248. The first-order valence-electron chi connectivity index (χ1n) is 7.07. The Morgan fingerprint density at radius 2 is 1.91 bits per heavy atom. The molecule has 1 fully saturated rings. The lowest BCUT2D eigenvalue weighted by Crippen LogP contribution is -2.23. The van der Waals surface area contributed by atoms with E-state index >= 15 is 0 Å². The summed E-state index contributed by atoms with van der Waals surface area (Å²) in [5.74, 6) is 0.471. The number of carbonyl (C=O) groups excluding carboxylic acids is 2. The van der Waals surface area contributed by atoms with Gasteiger partial charge >= 0.3 is 0 Å². The number of anilines is 1. The van der Waals surface area contributed by atoms with Crippen LogP contribution in [-0.2, 0) is 4.79 Å². The number of hydrogen-bond acceptors (Lipinski definition) is 5. The topological polar surface area (TPSA) is 63.2 Å². The third kappa shape index (κ3) is 3.33. The number of Topliss-reactive ketones (excluding diaryl/α,β-unsaturated/α-hetero) is 1. The zero-order valence-corrected chi connectivity index (χ0v) is 12.8. The molecule has 0 spiro atoms. The second-order valence-electron chi connectivity index (χ2n) is 4.94. The molecule has 0 atom stereocenters. The van der Waals surface area contributed by atoms with Crippen molar-refractivity contribution in [3.8, 4) is 0 Å². The maximum absolute atomic E-state index is 12.2. The molecule has 112 valence electrons. The number of nitrogens with zero attached hydrogens (tertiary/aromatic N) is 3. The van der Waals surface area contributed by atoms with E-state index in [9.17, 15) is 9.59 Å². The number of hydrogen-bond donors (Lipinski definition) is 0. The van der Waals surface area contributed by atoms with E-state index in [0.29, 0.717) is 22.9 Å². The summed E-state index contributed by atoms with van der Waals surface area (Å²) in [6, 6.07) is 8.95. The lowest BCUT2D eigenvalue weighted by Gasteiger charge is -2.15. The molecule has 1 aromatic carbocycles. The molecule has 22 heavy (non-hydrogen) atoms. The lowest BCUT2D eigenvalue weighted by molar-refractivity contribution is -0.117. The Morgan fingerprint density at radius 1 is 1.18 bits per heavy atom. The van der Waals surface area contributed by atoms with Crippen molar-refractivity contribution in [2.75, 3.05) is 17.2 Å². The maximum Gasteiger partial charge on any atom is 0.227 e. The molecule has 0 saturated carbocycles. The van der Waals surface area contributed by atoms with Gasteiger partial charge in [0.2, 0.25) is 5.91 Å². The number of carbonyl (C=O) groups is 2. The van der Waals surface area contributed by atoms with Gasteiger partial charge in [-0.1, -0.05) is 11.8 Å². The molecule has 0 unspecified atom stereocenters. The molecule has 0 bridgehead atoms. The van der Waals surface area contributed by atoms with Crippen LogP contribution in [0, 0.1) is 0 Å². The first-order valence-corrected chi connectivity index (χ1v) is 8.06. The highest BCUT2D eigenvalue weighted by Gasteiger charge is 2.21. The third-order valence-electron chi connectivity index (χ3n) is 3.45. The van der Waals surface area contributed by atoms with Crippen molar-refractivity contribution in [2.24, 2.45) is 0 Å².